The van der Waals surface area contributed by atoms with Gasteiger partial charge in [-0.3, -0.25) is 9.59 Å². The Labute approximate surface area is 203 Å². The van der Waals surface area contributed by atoms with Crippen molar-refractivity contribution in [2.45, 2.75) is 18.9 Å². The lowest BCUT2D eigenvalue weighted by Crippen LogP contribution is -2.47. The summed E-state index contributed by atoms with van der Waals surface area (Å²) in [6.45, 7) is 3.20. The van der Waals surface area contributed by atoms with Gasteiger partial charge in [0.1, 0.15) is 5.75 Å². The molecule has 1 saturated carbocycles. The smallest absolute Gasteiger partial charge is 0.265 e. The average molecular weight is 477 g/mol. The second-order valence-corrected chi connectivity index (χ2v) is 9.50. The average Bonchev–Trinajstić information content (AvgIpc) is 3.51. The van der Waals surface area contributed by atoms with Gasteiger partial charge in [-0.15, -0.1) is 11.3 Å². The molecule has 3 aromatic rings. The van der Waals surface area contributed by atoms with Gasteiger partial charge in [-0.25, -0.2) is 0 Å². The summed E-state index contributed by atoms with van der Waals surface area (Å²) in [5.41, 5.74) is 3.20. The zero-order chi connectivity index (χ0) is 23.5. The molecule has 0 spiro atoms. The highest BCUT2D eigenvalue weighted by Crippen LogP contribution is 2.31. The molecule has 8 heteroatoms. The third kappa shape index (κ3) is 4.87. The molecule has 2 heterocycles. The Hall–Kier alpha value is -3.52. The molecule has 2 aliphatic rings. The maximum atomic E-state index is 13.1. The number of rotatable bonds is 7. The highest BCUT2D eigenvalue weighted by atomic mass is 32.1. The first-order valence-corrected chi connectivity index (χ1v) is 12.4. The van der Waals surface area contributed by atoms with Gasteiger partial charge in [-0.1, -0.05) is 18.2 Å². The Morgan fingerprint density at radius 1 is 0.912 bits per heavy atom. The topological polar surface area (TPSA) is 73.9 Å². The standard InChI is InChI=1S/C26H28N4O3S/c1-33-23-6-3-2-5-22(23)30-14-12-29(13-15-30)21-11-10-19(28-26(32)24-7-4-16-34-24)17-20(21)25(31)27-18-8-9-18/h2-7,10-11,16-18H,8-9,12-15H2,1H3,(H,27,31)(H,28,32). The van der Waals surface area contributed by atoms with Crippen LogP contribution in [0.4, 0.5) is 17.1 Å². The zero-order valence-corrected chi connectivity index (χ0v) is 19.9. The molecule has 0 unspecified atom stereocenters. The van der Waals surface area contributed by atoms with E-state index in [0.717, 1.165) is 56.1 Å². The predicted molar refractivity (Wildman–Crippen MR) is 137 cm³/mol. The van der Waals surface area contributed by atoms with Crippen molar-refractivity contribution < 1.29 is 14.3 Å². The fourth-order valence-corrected chi connectivity index (χ4v) is 4.86. The summed E-state index contributed by atoms with van der Waals surface area (Å²) in [6, 6.07) is 17.6. The van der Waals surface area contributed by atoms with E-state index in [2.05, 4.69) is 26.5 Å². The Bertz CT molecular complexity index is 1170. The molecule has 7 nitrogen and oxygen atoms in total. The number of carbonyl (C=O) groups is 2. The van der Waals surface area contributed by atoms with Gasteiger partial charge in [0.15, 0.2) is 0 Å². The van der Waals surface area contributed by atoms with Crippen LogP contribution in [-0.2, 0) is 0 Å². The monoisotopic (exact) mass is 476 g/mol. The zero-order valence-electron chi connectivity index (χ0n) is 19.1. The number of benzene rings is 2. The third-order valence-electron chi connectivity index (χ3n) is 6.20. The number of methoxy groups -OCH3 is 1. The van der Waals surface area contributed by atoms with Gasteiger partial charge in [0, 0.05) is 43.6 Å². The van der Waals surface area contributed by atoms with Gasteiger partial charge >= 0.3 is 0 Å². The second kappa shape index (κ2) is 9.77. The quantitative estimate of drug-likeness (QED) is 0.534. The van der Waals surface area contributed by atoms with E-state index in [1.54, 1.807) is 19.2 Å². The van der Waals surface area contributed by atoms with E-state index >= 15 is 0 Å². The summed E-state index contributed by atoms with van der Waals surface area (Å²) >= 11 is 1.39. The molecular weight excluding hydrogens is 448 g/mol. The number of piperazine rings is 1. The number of anilines is 3. The minimum absolute atomic E-state index is 0.0862. The van der Waals surface area contributed by atoms with Crippen LogP contribution >= 0.6 is 11.3 Å². The van der Waals surface area contributed by atoms with Crippen molar-refractivity contribution in [2.24, 2.45) is 0 Å². The van der Waals surface area contributed by atoms with Crippen LogP contribution < -0.4 is 25.2 Å². The van der Waals surface area contributed by atoms with E-state index in [1.807, 2.05) is 41.8 Å². The van der Waals surface area contributed by atoms with Crippen LogP contribution in [0.2, 0.25) is 0 Å². The molecule has 2 N–H and O–H groups in total. The van der Waals surface area contributed by atoms with Crippen molar-refractivity contribution in [2.75, 3.05) is 48.4 Å². The van der Waals surface area contributed by atoms with Crippen LogP contribution in [0.5, 0.6) is 5.75 Å². The number of ether oxygens (including phenoxy) is 1. The van der Waals surface area contributed by atoms with E-state index in [0.29, 0.717) is 16.1 Å². The van der Waals surface area contributed by atoms with Crippen molar-refractivity contribution in [1.29, 1.82) is 0 Å². The van der Waals surface area contributed by atoms with Crippen molar-refractivity contribution in [3.05, 3.63) is 70.4 Å². The number of carbonyl (C=O) groups excluding carboxylic acids is 2. The first-order chi connectivity index (χ1) is 16.6. The Kier molecular flexibility index (Phi) is 6.40. The normalized spacial score (nSPS) is 15.7. The predicted octanol–water partition coefficient (Wildman–Crippen LogP) is 4.23. The molecule has 1 saturated heterocycles. The van der Waals surface area contributed by atoms with E-state index < -0.39 is 0 Å². The molecule has 2 aromatic carbocycles. The first-order valence-electron chi connectivity index (χ1n) is 11.5. The number of thiophene rings is 1. The lowest BCUT2D eigenvalue weighted by atomic mass is 10.1. The van der Waals surface area contributed by atoms with E-state index in [1.165, 1.54) is 11.3 Å². The SMILES string of the molecule is COc1ccccc1N1CCN(c2ccc(NC(=O)c3cccs3)cc2C(=O)NC2CC2)CC1. The van der Waals surface area contributed by atoms with Crippen LogP contribution in [0.3, 0.4) is 0 Å². The fourth-order valence-electron chi connectivity index (χ4n) is 4.24. The van der Waals surface area contributed by atoms with Gasteiger partial charge in [0.2, 0.25) is 0 Å². The molecule has 2 fully saturated rings. The molecule has 5 rings (SSSR count). The van der Waals surface area contributed by atoms with Gasteiger partial charge in [0.05, 0.1) is 23.2 Å². The van der Waals surface area contributed by atoms with Crippen LogP contribution in [0.1, 0.15) is 32.9 Å². The summed E-state index contributed by atoms with van der Waals surface area (Å²) in [6.07, 6.45) is 2.04. The minimum atomic E-state index is -0.165. The summed E-state index contributed by atoms with van der Waals surface area (Å²) in [7, 11) is 1.69. The highest BCUT2D eigenvalue weighted by molar-refractivity contribution is 7.12. The third-order valence-corrected chi connectivity index (χ3v) is 7.07. The van der Waals surface area contributed by atoms with Gasteiger partial charge in [0.25, 0.3) is 11.8 Å². The summed E-state index contributed by atoms with van der Waals surface area (Å²) in [5, 5.41) is 7.91. The van der Waals surface area contributed by atoms with Crippen LogP contribution in [0.25, 0.3) is 0 Å². The molecule has 2 amide bonds. The molecule has 1 aromatic heterocycles. The lowest BCUT2D eigenvalue weighted by molar-refractivity contribution is 0.0950. The Morgan fingerprint density at radius 3 is 2.32 bits per heavy atom. The van der Waals surface area contributed by atoms with Crippen molar-refractivity contribution in [1.82, 2.24) is 5.32 Å². The molecule has 34 heavy (non-hydrogen) atoms. The molecule has 0 radical (unpaired) electrons. The van der Waals surface area contributed by atoms with Crippen molar-refractivity contribution in [3.8, 4) is 5.75 Å². The fraction of sp³-hybridized carbons (Fsp3) is 0.308. The number of nitrogens with zero attached hydrogens (tertiary/aromatic N) is 2. The van der Waals surface area contributed by atoms with Gasteiger partial charge in [-0.2, -0.15) is 0 Å². The number of para-hydroxylation sites is 2. The van der Waals surface area contributed by atoms with Crippen molar-refractivity contribution in [3.63, 3.8) is 0 Å². The Balaban J connectivity index is 1.35. The van der Waals surface area contributed by atoms with E-state index in [-0.39, 0.29) is 17.9 Å². The summed E-state index contributed by atoms with van der Waals surface area (Å²) in [4.78, 5) is 30.8. The highest BCUT2D eigenvalue weighted by Gasteiger charge is 2.28. The maximum absolute atomic E-state index is 13.1. The molecule has 0 bridgehead atoms. The lowest BCUT2D eigenvalue weighted by Gasteiger charge is -2.38. The Morgan fingerprint density at radius 2 is 1.65 bits per heavy atom. The van der Waals surface area contributed by atoms with Gasteiger partial charge < -0.3 is 25.2 Å². The number of amides is 2. The largest absolute Gasteiger partial charge is 0.495 e. The summed E-state index contributed by atoms with van der Waals surface area (Å²) in [5.74, 6) is 0.616. The molecule has 176 valence electrons. The first kappa shape index (κ1) is 22.3. The molecule has 1 aliphatic carbocycles. The molecule has 0 atom stereocenters. The number of nitrogens with one attached hydrogen (secondary N) is 2. The van der Waals surface area contributed by atoms with Crippen LogP contribution in [0.15, 0.2) is 60.0 Å². The van der Waals surface area contributed by atoms with Crippen LogP contribution in [-0.4, -0.2) is 51.1 Å². The summed E-state index contributed by atoms with van der Waals surface area (Å²) < 4.78 is 5.53. The second-order valence-electron chi connectivity index (χ2n) is 8.56. The number of hydrogen-bond acceptors (Lipinski definition) is 6. The molecular formula is C26H28N4O3S. The van der Waals surface area contributed by atoms with E-state index in [4.69, 9.17) is 4.74 Å². The maximum Gasteiger partial charge on any atom is 0.265 e. The molecule has 1 aliphatic heterocycles. The minimum Gasteiger partial charge on any atom is -0.495 e. The van der Waals surface area contributed by atoms with Crippen LogP contribution in [0, 0.1) is 0 Å². The number of hydrogen-bond donors (Lipinski definition) is 2. The van der Waals surface area contributed by atoms with E-state index in [9.17, 15) is 9.59 Å². The van der Waals surface area contributed by atoms with Crippen molar-refractivity contribution >= 4 is 40.2 Å². The van der Waals surface area contributed by atoms with Gasteiger partial charge in [-0.05, 0) is 54.6 Å².